The maximum atomic E-state index is 5.78. The van der Waals surface area contributed by atoms with E-state index in [1.807, 2.05) is 47.8 Å². The molecule has 1 heterocycles. The lowest BCUT2D eigenvalue weighted by Crippen LogP contribution is -2.08. The molecule has 1 fully saturated rings. The topological polar surface area (TPSA) is 9.23 Å². The van der Waals surface area contributed by atoms with Crippen molar-refractivity contribution in [3.63, 3.8) is 0 Å². The SMILES string of the molecule is CC1(c2ccc(OC/C=C/c3ccccc3)cc2)SCCS1. The van der Waals surface area contributed by atoms with Gasteiger partial charge in [-0.25, -0.2) is 0 Å². The lowest BCUT2D eigenvalue weighted by atomic mass is 10.1. The Hall–Kier alpha value is -1.32. The second kappa shape index (κ2) is 7.30. The number of hydrogen-bond acceptors (Lipinski definition) is 3. The number of rotatable bonds is 5. The van der Waals surface area contributed by atoms with Gasteiger partial charge >= 0.3 is 0 Å². The summed E-state index contributed by atoms with van der Waals surface area (Å²) in [6.45, 7) is 2.91. The predicted octanol–water partition coefficient (Wildman–Crippen LogP) is 5.43. The molecule has 0 saturated carbocycles. The lowest BCUT2D eigenvalue weighted by Gasteiger charge is -2.22. The number of hydrogen-bond donors (Lipinski definition) is 0. The molecule has 1 aliphatic heterocycles. The monoisotopic (exact) mass is 328 g/mol. The first kappa shape index (κ1) is 15.6. The molecule has 3 rings (SSSR count). The number of benzene rings is 2. The van der Waals surface area contributed by atoms with Crippen molar-refractivity contribution < 1.29 is 4.74 Å². The van der Waals surface area contributed by atoms with Crippen molar-refractivity contribution in [2.75, 3.05) is 18.1 Å². The van der Waals surface area contributed by atoms with Gasteiger partial charge in [-0.2, -0.15) is 0 Å². The summed E-state index contributed by atoms with van der Waals surface area (Å²) in [5.74, 6) is 3.41. The Balaban J connectivity index is 1.54. The van der Waals surface area contributed by atoms with Crippen molar-refractivity contribution >= 4 is 29.6 Å². The Kier molecular flexibility index (Phi) is 5.16. The average Bonchev–Trinajstić information content (AvgIpc) is 3.01. The molecule has 0 radical (unpaired) electrons. The maximum Gasteiger partial charge on any atom is 0.119 e. The normalized spacial score (nSPS) is 17.0. The first-order valence-corrected chi connectivity index (χ1v) is 9.46. The van der Waals surface area contributed by atoms with Crippen molar-refractivity contribution in [1.29, 1.82) is 0 Å². The molecule has 0 aromatic heterocycles. The van der Waals surface area contributed by atoms with Gasteiger partial charge in [0, 0.05) is 11.5 Å². The molecule has 0 unspecified atom stereocenters. The minimum Gasteiger partial charge on any atom is -0.490 e. The fourth-order valence-electron chi connectivity index (χ4n) is 2.43. The first-order valence-electron chi connectivity index (χ1n) is 7.49. The van der Waals surface area contributed by atoms with Gasteiger partial charge in [-0.05, 0) is 36.3 Å². The largest absolute Gasteiger partial charge is 0.490 e. The first-order chi connectivity index (χ1) is 10.8. The van der Waals surface area contributed by atoms with Crippen LogP contribution in [-0.4, -0.2) is 18.1 Å². The fraction of sp³-hybridized carbons (Fsp3) is 0.263. The van der Waals surface area contributed by atoms with Crippen LogP contribution in [-0.2, 0) is 4.08 Å². The summed E-state index contributed by atoms with van der Waals surface area (Å²) in [6.07, 6.45) is 4.13. The predicted molar refractivity (Wildman–Crippen MR) is 99.7 cm³/mol. The molecule has 22 heavy (non-hydrogen) atoms. The van der Waals surface area contributed by atoms with Crippen molar-refractivity contribution in [3.8, 4) is 5.75 Å². The van der Waals surface area contributed by atoms with Gasteiger partial charge in [-0.15, -0.1) is 23.5 Å². The van der Waals surface area contributed by atoms with E-state index in [9.17, 15) is 0 Å². The zero-order valence-corrected chi connectivity index (χ0v) is 14.3. The van der Waals surface area contributed by atoms with E-state index in [1.54, 1.807) is 0 Å². The zero-order chi connectivity index (χ0) is 15.3. The summed E-state index contributed by atoms with van der Waals surface area (Å²) < 4.78 is 5.99. The van der Waals surface area contributed by atoms with Gasteiger partial charge in [0.1, 0.15) is 12.4 Å². The third kappa shape index (κ3) is 3.90. The molecule has 114 valence electrons. The van der Waals surface area contributed by atoms with E-state index in [-0.39, 0.29) is 4.08 Å². The summed E-state index contributed by atoms with van der Waals surface area (Å²) in [6, 6.07) is 18.8. The number of thioether (sulfide) groups is 2. The molecule has 2 aromatic carbocycles. The van der Waals surface area contributed by atoms with E-state index < -0.39 is 0 Å². The highest BCUT2D eigenvalue weighted by atomic mass is 32.2. The molecule has 0 bridgehead atoms. The molecule has 0 N–H and O–H groups in total. The van der Waals surface area contributed by atoms with Gasteiger partial charge in [0.25, 0.3) is 0 Å². The van der Waals surface area contributed by atoms with Crippen LogP contribution in [0.5, 0.6) is 5.75 Å². The van der Waals surface area contributed by atoms with E-state index in [0.29, 0.717) is 6.61 Å². The smallest absolute Gasteiger partial charge is 0.119 e. The summed E-state index contributed by atoms with van der Waals surface area (Å²) in [5.41, 5.74) is 2.58. The van der Waals surface area contributed by atoms with Crippen LogP contribution in [0, 0.1) is 0 Å². The van der Waals surface area contributed by atoms with Crippen LogP contribution >= 0.6 is 23.5 Å². The second-order valence-electron chi connectivity index (χ2n) is 5.29. The fourth-order valence-corrected chi connectivity index (χ4v) is 5.31. The molecule has 2 aromatic rings. The second-order valence-corrected chi connectivity index (χ2v) is 8.58. The summed E-state index contributed by atoms with van der Waals surface area (Å²) in [5, 5.41) is 0. The van der Waals surface area contributed by atoms with Crippen LogP contribution in [0.25, 0.3) is 6.08 Å². The van der Waals surface area contributed by atoms with Crippen molar-refractivity contribution in [3.05, 3.63) is 71.8 Å². The van der Waals surface area contributed by atoms with E-state index in [0.717, 1.165) is 5.75 Å². The minimum absolute atomic E-state index is 0.214. The molecule has 0 amide bonds. The molecule has 0 spiro atoms. The molecule has 1 nitrogen and oxygen atoms in total. The Bertz CT molecular complexity index is 614. The molecular weight excluding hydrogens is 308 g/mol. The molecule has 0 aliphatic carbocycles. The van der Waals surface area contributed by atoms with E-state index in [2.05, 4.69) is 49.4 Å². The Morgan fingerprint density at radius 2 is 1.68 bits per heavy atom. The molecule has 1 aliphatic rings. The van der Waals surface area contributed by atoms with Crippen molar-refractivity contribution in [2.24, 2.45) is 0 Å². The van der Waals surface area contributed by atoms with Gasteiger partial charge in [-0.1, -0.05) is 48.5 Å². The van der Waals surface area contributed by atoms with Crippen LogP contribution in [0.15, 0.2) is 60.7 Å². The van der Waals surface area contributed by atoms with E-state index in [4.69, 9.17) is 4.74 Å². The zero-order valence-electron chi connectivity index (χ0n) is 12.7. The Morgan fingerprint density at radius 1 is 1.00 bits per heavy atom. The minimum atomic E-state index is 0.214. The molecule has 1 saturated heterocycles. The summed E-state index contributed by atoms with van der Waals surface area (Å²) >= 11 is 4.07. The van der Waals surface area contributed by atoms with Crippen LogP contribution in [0.1, 0.15) is 18.1 Å². The summed E-state index contributed by atoms with van der Waals surface area (Å²) in [7, 11) is 0. The lowest BCUT2D eigenvalue weighted by molar-refractivity contribution is 0.363. The van der Waals surface area contributed by atoms with Crippen molar-refractivity contribution in [1.82, 2.24) is 0 Å². The average molecular weight is 329 g/mol. The van der Waals surface area contributed by atoms with Crippen LogP contribution < -0.4 is 4.74 Å². The van der Waals surface area contributed by atoms with Gasteiger partial charge < -0.3 is 4.74 Å². The third-order valence-corrected chi connectivity index (χ3v) is 7.03. The van der Waals surface area contributed by atoms with Crippen LogP contribution in [0.3, 0.4) is 0 Å². The quantitative estimate of drug-likeness (QED) is 0.724. The third-order valence-electron chi connectivity index (χ3n) is 3.67. The molecule has 3 heteroatoms. The van der Waals surface area contributed by atoms with Gasteiger partial charge in [0.05, 0.1) is 4.08 Å². The van der Waals surface area contributed by atoms with Crippen LogP contribution in [0.4, 0.5) is 0 Å². The summed E-state index contributed by atoms with van der Waals surface area (Å²) in [4.78, 5) is 0. The van der Waals surface area contributed by atoms with Crippen LogP contribution in [0.2, 0.25) is 0 Å². The standard InChI is InChI=1S/C19H20OS2/c1-19(21-14-15-22-19)17-9-11-18(12-10-17)20-13-5-8-16-6-3-2-4-7-16/h2-12H,13-15H2,1H3/b8-5+. The number of ether oxygens (including phenoxy) is 1. The van der Waals surface area contributed by atoms with Gasteiger partial charge in [-0.3, -0.25) is 0 Å². The highest BCUT2D eigenvalue weighted by Gasteiger charge is 2.31. The molecule has 0 atom stereocenters. The van der Waals surface area contributed by atoms with Crippen molar-refractivity contribution in [2.45, 2.75) is 11.0 Å². The molecular formula is C19H20OS2. The van der Waals surface area contributed by atoms with E-state index >= 15 is 0 Å². The maximum absolute atomic E-state index is 5.78. The Labute approximate surface area is 141 Å². The van der Waals surface area contributed by atoms with Gasteiger partial charge in [0.15, 0.2) is 0 Å². The van der Waals surface area contributed by atoms with Gasteiger partial charge in [0.2, 0.25) is 0 Å². The highest BCUT2D eigenvalue weighted by Crippen LogP contribution is 2.51. The highest BCUT2D eigenvalue weighted by molar-refractivity contribution is 8.20. The van der Waals surface area contributed by atoms with E-state index in [1.165, 1.54) is 22.6 Å². The Morgan fingerprint density at radius 3 is 2.36 bits per heavy atom.